The van der Waals surface area contributed by atoms with Crippen LogP contribution in [0.15, 0.2) is 0 Å². The van der Waals surface area contributed by atoms with Gasteiger partial charge in [0.15, 0.2) is 11.7 Å². The molecule has 8 heteroatoms. The number of aromatic nitrogens is 3. The van der Waals surface area contributed by atoms with Crippen LogP contribution in [0.1, 0.15) is 31.5 Å². The number of anilines is 2. The lowest BCUT2D eigenvalue weighted by Crippen LogP contribution is -2.31. The number of nitrogens with one attached hydrogen (secondary N) is 1. The van der Waals surface area contributed by atoms with Crippen LogP contribution in [0.2, 0.25) is 0 Å². The van der Waals surface area contributed by atoms with E-state index in [1.54, 1.807) is 19.0 Å². The lowest BCUT2D eigenvalue weighted by atomic mass is 10.1. The van der Waals surface area contributed by atoms with Crippen LogP contribution >= 0.6 is 0 Å². The van der Waals surface area contributed by atoms with Crippen molar-refractivity contribution in [1.29, 1.82) is 5.26 Å². The van der Waals surface area contributed by atoms with Crippen LogP contribution in [0.5, 0.6) is 0 Å². The first-order valence-electron chi connectivity index (χ1n) is 6.35. The predicted octanol–water partition coefficient (Wildman–Crippen LogP) is 0.0433. The Hall–Kier alpha value is -2.43. The molecule has 1 aromatic heterocycles. The summed E-state index contributed by atoms with van der Waals surface area (Å²) in [6.45, 7) is 2.54. The molecule has 0 fully saturated rings. The Labute approximate surface area is 118 Å². The first-order chi connectivity index (χ1) is 9.49. The van der Waals surface area contributed by atoms with E-state index in [9.17, 15) is 4.79 Å². The second-order valence-electron chi connectivity index (χ2n) is 4.45. The fourth-order valence-electron chi connectivity index (χ4n) is 1.45. The monoisotopic (exact) mass is 277 g/mol. The number of hydrogen-bond acceptors (Lipinski definition) is 7. The normalized spacial score (nSPS) is 11.5. The van der Waals surface area contributed by atoms with Crippen LogP contribution in [0, 0.1) is 11.3 Å². The molecular formula is C12H19N7O. The van der Waals surface area contributed by atoms with Gasteiger partial charge in [0.25, 0.3) is 0 Å². The van der Waals surface area contributed by atoms with E-state index >= 15 is 0 Å². The molecule has 1 atom stereocenters. The molecule has 1 heterocycles. The number of unbranched alkanes of at least 4 members (excludes halogenated alkanes) is 1. The SMILES string of the molecule is CCCCNC(=O)[C@H](C#N)c1nc(N)nc(N(C)C)n1. The summed E-state index contributed by atoms with van der Waals surface area (Å²) in [4.78, 5) is 25.5. The van der Waals surface area contributed by atoms with Gasteiger partial charge >= 0.3 is 0 Å². The van der Waals surface area contributed by atoms with E-state index in [2.05, 4.69) is 20.3 Å². The van der Waals surface area contributed by atoms with E-state index < -0.39 is 11.8 Å². The van der Waals surface area contributed by atoms with E-state index in [4.69, 9.17) is 11.0 Å². The maximum atomic E-state index is 12.0. The van der Waals surface area contributed by atoms with Crippen molar-refractivity contribution >= 4 is 17.8 Å². The van der Waals surface area contributed by atoms with Gasteiger partial charge in [-0.2, -0.15) is 20.2 Å². The third-order valence-corrected chi connectivity index (χ3v) is 2.54. The van der Waals surface area contributed by atoms with Crippen molar-refractivity contribution in [3.8, 4) is 6.07 Å². The summed E-state index contributed by atoms with van der Waals surface area (Å²) in [7, 11) is 3.47. The zero-order chi connectivity index (χ0) is 15.1. The van der Waals surface area contributed by atoms with Gasteiger partial charge in [0.2, 0.25) is 17.8 Å². The standard InChI is InChI=1S/C12H19N7O/c1-4-5-6-15-10(20)8(7-13)9-16-11(14)18-12(17-9)19(2)3/h8H,4-6H2,1-3H3,(H,15,20)(H2,14,16,17,18)/t8-/m1/s1. The number of nitrogens with zero attached hydrogens (tertiary/aromatic N) is 5. The largest absolute Gasteiger partial charge is 0.368 e. The highest BCUT2D eigenvalue weighted by molar-refractivity contribution is 5.85. The van der Waals surface area contributed by atoms with Gasteiger partial charge in [0, 0.05) is 20.6 Å². The Bertz CT molecular complexity index is 509. The molecule has 0 aromatic carbocycles. The highest BCUT2D eigenvalue weighted by Crippen LogP contribution is 2.14. The van der Waals surface area contributed by atoms with Gasteiger partial charge in [-0.25, -0.2) is 0 Å². The van der Waals surface area contributed by atoms with Gasteiger partial charge in [0.05, 0.1) is 6.07 Å². The van der Waals surface area contributed by atoms with Crippen LogP contribution in [0.4, 0.5) is 11.9 Å². The molecule has 0 aliphatic carbocycles. The van der Waals surface area contributed by atoms with Crippen LogP contribution < -0.4 is 16.0 Å². The smallest absolute Gasteiger partial charge is 0.245 e. The van der Waals surface area contributed by atoms with E-state index in [1.165, 1.54) is 0 Å². The van der Waals surface area contributed by atoms with Crippen molar-refractivity contribution < 1.29 is 4.79 Å². The number of nitrogen functional groups attached to an aromatic ring is 1. The van der Waals surface area contributed by atoms with Gasteiger partial charge in [-0.15, -0.1) is 0 Å². The van der Waals surface area contributed by atoms with Crippen LogP contribution in [-0.2, 0) is 4.79 Å². The summed E-state index contributed by atoms with van der Waals surface area (Å²) in [6, 6.07) is 1.90. The van der Waals surface area contributed by atoms with Crippen molar-refractivity contribution in [2.75, 3.05) is 31.3 Å². The molecule has 1 rings (SSSR count). The fourth-order valence-corrected chi connectivity index (χ4v) is 1.45. The molecule has 1 aromatic rings. The predicted molar refractivity (Wildman–Crippen MR) is 74.8 cm³/mol. The Balaban J connectivity index is 2.95. The number of rotatable bonds is 6. The van der Waals surface area contributed by atoms with Gasteiger partial charge in [-0.3, -0.25) is 4.79 Å². The summed E-state index contributed by atoms with van der Waals surface area (Å²) in [6.07, 6.45) is 1.81. The quantitative estimate of drug-likeness (QED) is 0.704. The number of hydrogen-bond donors (Lipinski definition) is 2. The number of nitriles is 1. The Morgan fingerprint density at radius 1 is 1.45 bits per heavy atom. The number of amides is 1. The molecule has 0 unspecified atom stereocenters. The van der Waals surface area contributed by atoms with Crippen molar-refractivity contribution in [3.63, 3.8) is 0 Å². The fraction of sp³-hybridized carbons (Fsp3) is 0.583. The molecule has 20 heavy (non-hydrogen) atoms. The third-order valence-electron chi connectivity index (χ3n) is 2.54. The van der Waals surface area contributed by atoms with E-state index in [0.29, 0.717) is 12.5 Å². The lowest BCUT2D eigenvalue weighted by molar-refractivity contribution is -0.121. The molecule has 0 bridgehead atoms. The minimum absolute atomic E-state index is 0.0136. The van der Waals surface area contributed by atoms with Gasteiger partial charge in [-0.1, -0.05) is 13.3 Å². The molecule has 0 radical (unpaired) electrons. The molecule has 8 nitrogen and oxygen atoms in total. The summed E-state index contributed by atoms with van der Waals surface area (Å²) in [5.41, 5.74) is 5.58. The minimum atomic E-state index is -1.09. The first-order valence-corrected chi connectivity index (χ1v) is 6.35. The van der Waals surface area contributed by atoms with E-state index in [-0.39, 0.29) is 11.8 Å². The average Bonchev–Trinajstić information content (AvgIpc) is 2.39. The Kier molecular flexibility index (Phi) is 5.65. The summed E-state index contributed by atoms with van der Waals surface area (Å²) < 4.78 is 0. The Morgan fingerprint density at radius 2 is 2.15 bits per heavy atom. The van der Waals surface area contributed by atoms with Gasteiger partial charge in [-0.05, 0) is 6.42 Å². The van der Waals surface area contributed by atoms with Crippen molar-refractivity contribution in [2.24, 2.45) is 0 Å². The second kappa shape index (κ2) is 7.23. The maximum absolute atomic E-state index is 12.0. The number of carbonyl (C=O) groups excluding carboxylic acids is 1. The second-order valence-corrected chi connectivity index (χ2v) is 4.45. The average molecular weight is 277 g/mol. The highest BCUT2D eigenvalue weighted by Gasteiger charge is 2.24. The van der Waals surface area contributed by atoms with Crippen LogP contribution in [0.25, 0.3) is 0 Å². The molecule has 3 N–H and O–H groups in total. The summed E-state index contributed by atoms with van der Waals surface area (Å²) in [5.74, 6) is -1.14. The maximum Gasteiger partial charge on any atom is 0.245 e. The van der Waals surface area contributed by atoms with Crippen molar-refractivity contribution in [2.45, 2.75) is 25.7 Å². The van der Waals surface area contributed by atoms with E-state index in [1.807, 2.05) is 13.0 Å². The summed E-state index contributed by atoms with van der Waals surface area (Å²) >= 11 is 0. The zero-order valence-electron chi connectivity index (χ0n) is 11.9. The molecule has 0 aliphatic rings. The lowest BCUT2D eigenvalue weighted by Gasteiger charge is -2.13. The minimum Gasteiger partial charge on any atom is -0.368 e. The molecule has 108 valence electrons. The van der Waals surface area contributed by atoms with Crippen LogP contribution in [0.3, 0.4) is 0 Å². The zero-order valence-corrected chi connectivity index (χ0v) is 11.9. The third kappa shape index (κ3) is 4.05. The first kappa shape index (κ1) is 15.6. The molecule has 0 aliphatic heterocycles. The van der Waals surface area contributed by atoms with Crippen LogP contribution in [-0.4, -0.2) is 41.5 Å². The molecule has 0 saturated carbocycles. The topological polar surface area (TPSA) is 121 Å². The molecule has 1 amide bonds. The Morgan fingerprint density at radius 3 is 2.70 bits per heavy atom. The number of nitrogens with two attached hydrogens (primary N) is 1. The molecule has 0 saturated heterocycles. The van der Waals surface area contributed by atoms with E-state index in [0.717, 1.165) is 12.8 Å². The van der Waals surface area contributed by atoms with Crippen molar-refractivity contribution in [3.05, 3.63) is 5.82 Å². The van der Waals surface area contributed by atoms with Crippen molar-refractivity contribution in [1.82, 2.24) is 20.3 Å². The molecular weight excluding hydrogens is 258 g/mol. The molecule has 0 spiro atoms. The van der Waals surface area contributed by atoms with Gasteiger partial charge in [0.1, 0.15) is 0 Å². The summed E-state index contributed by atoms with van der Waals surface area (Å²) in [5, 5.41) is 11.8. The highest BCUT2D eigenvalue weighted by atomic mass is 16.1. The van der Waals surface area contributed by atoms with Gasteiger partial charge < -0.3 is 16.0 Å². The number of carbonyl (C=O) groups is 1.